The van der Waals surface area contributed by atoms with E-state index in [2.05, 4.69) is 51.1 Å². The third kappa shape index (κ3) is 4.72. The molecular weight excluding hydrogens is 156 g/mol. The van der Waals surface area contributed by atoms with Gasteiger partial charge in [0.05, 0.1) is 0 Å². The Morgan fingerprint density at radius 1 is 1.00 bits per heavy atom. The molecule has 0 heteroatoms. The Kier molecular flexibility index (Phi) is 4.01. The van der Waals surface area contributed by atoms with Crippen LogP contribution in [0.5, 0.6) is 0 Å². The van der Waals surface area contributed by atoms with Gasteiger partial charge >= 0.3 is 0 Å². The fourth-order valence-corrected chi connectivity index (χ4v) is 1.14. The van der Waals surface area contributed by atoms with Crippen LogP contribution in [0.25, 0.3) is 0 Å². The summed E-state index contributed by atoms with van der Waals surface area (Å²) < 4.78 is 0. The molecule has 0 N–H and O–H groups in total. The molecule has 0 unspecified atom stereocenters. The highest BCUT2D eigenvalue weighted by Gasteiger charge is 2.22. The Labute approximate surface area is 82.0 Å². The molecule has 1 aliphatic carbocycles. The largest absolute Gasteiger partial charge is 0.0630 e. The lowest BCUT2D eigenvalue weighted by molar-refractivity contribution is 0.737. The molecule has 1 fully saturated rings. The van der Waals surface area contributed by atoms with Crippen molar-refractivity contribution in [1.29, 1.82) is 0 Å². The zero-order valence-corrected chi connectivity index (χ0v) is 8.96. The minimum atomic E-state index is 0.833. The van der Waals surface area contributed by atoms with Gasteiger partial charge in [0.2, 0.25) is 0 Å². The van der Waals surface area contributed by atoms with Crippen molar-refractivity contribution >= 4 is 0 Å². The molecule has 0 saturated heterocycles. The molecular formula is C13H20. The molecule has 0 aromatic heterocycles. The molecule has 72 valence electrons. The zero-order chi connectivity index (χ0) is 9.68. The van der Waals surface area contributed by atoms with E-state index in [-0.39, 0.29) is 0 Å². The van der Waals surface area contributed by atoms with Crippen LogP contribution < -0.4 is 0 Å². The number of benzene rings is 1. The first-order valence-electron chi connectivity index (χ1n) is 5.25. The second kappa shape index (κ2) is 5.06. The fourth-order valence-electron chi connectivity index (χ4n) is 1.14. The van der Waals surface area contributed by atoms with Gasteiger partial charge in [-0.3, -0.25) is 0 Å². The number of rotatable bonds is 1. The zero-order valence-electron chi connectivity index (χ0n) is 8.96. The topological polar surface area (TPSA) is 0 Å². The summed E-state index contributed by atoms with van der Waals surface area (Å²) in [7, 11) is 0. The van der Waals surface area contributed by atoms with Gasteiger partial charge in [0.25, 0.3) is 0 Å². The Bertz CT molecular complexity index is 216. The van der Waals surface area contributed by atoms with E-state index in [9.17, 15) is 0 Å². The van der Waals surface area contributed by atoms with Crippen molar-refractivity contribution in [2.75, 3.05) is 0 Å². The highest BCUT2D eigenvalue weighted by molar-refractivity contribution is 5.22. The Morgan fingerprint density at radius 3 is 1.85 bits per heavy atom. The van der Waals surface area contributed by atoms with E-state index >= 15 is 0 Å². The van der Waals surface area contributed by atoms with E-state index in [0.717, 1.165) is 11.8 Å². The van der Waals surface area contributed by atoms with Gasteiger partial charge in [-0.2, -0.15) is 0 Å². The van der Waals surface area contributed by atoms with Crippen LogP contribution in [0.15, 0.2) is 30.3 Å². The monoisotopic (exact) mass is 176 g/mol. The molecule has 0 radical (unpaired) electrons. The van der Waals surface area contributed by atoms with E-state index in [1.807, 2.05) is 0 Å². The Morgan fingerprint density at radius 2 is 1.46 bits per heavy atom. The average Bonchev–Trinajstić information content (AvgIpc) is 2.87. The van der Waals surface area contributed by atoms with Gasteiger partial charge in [0, 0.05) is 0 Å². The van der Waals surface area contributed by atoms with Gasteiger partial charge < -0.3 is 0 Å². The van der Waals surface area contributed by atoms with E-state index in [0.29, 0.717) is 0 Å². The first kappa shape index (κ1) is 10.3. The van der Waals surface area contributed by atoms with Crippen LogP contribution in [0.2, 0.25) is 0 Å². The summed E-state index contributed by atoms with van der Waals surface area (Å²) in [6.07, 6.45) is 2.81. The predicted octanol–water partition coefficient (Wildman–Crippen LogP) is 4.23. The van der Waals surface area contributed by atoms with Gasteiger partial charge in [-0.25, -0.2) is 0 Å². The van der Waals surface area contributed by atoms with E-state index in [1.54, 1.807) is 0 Å². The van der Waals surface area contributed by atoms with Crippen molar-refractivity contribution in [1.82, 2.24) is 0 Å². The summed E-state index contributed by atoms with van der Waals surface area (Å²) in [6, 6.07) is 10.8. The predicted molar refractivity (Wildman–Crippen MR) is 58.9 cm³/mol. The lowest BCUT2D eigenvalue weighted by atomic mass is 10.1. The summed E-state index contributed by atoms with van der Waals surface area (Å²) in [6.45, 7) is 6.50. The molecule has 1 saturated carbocycles. The highest BCUT2D eigenvalue weighted by Crippen LogP contribution is 2.39. The quantitative estimate of drug-likeness (QED) is 0.600. The molecule has 0 nitrogen and oxygen atoms in total. The van der Waals surface area contributed by atoms with Crippen LogP contribution in [0.1, 0.15) is 45.1 Å². The fraction of sp³-hybridized carbons (Fsp3) is 0.538. The second-order valence-electron chi connectivity index (χ2n) is 4.42. The van der Waals surface area contributed by atoms with Crippen LogP contribution in [-0.2, 0) is 0 Å². The van der Waals surface area contributed by atoms with Crippen LogP contribution in [0.4, 0.5) is 0 Å². The molecule has 2 rings (SSSR count). The van der Waals surface area contributed by atoms with Crippen molar-refractivity contribution < 1.29 is 0 Å². The van der Waals surface area contributed by atoms with E-state index in [1.165, 1.54) is 18.4 Å². The maximum atomic E-state index is 2.22. The van der Waals surface area contributed by atoms with Gasteiger partial charge in [0.15, 0.2) is 0 Å². The van der Waals surface area contributed by atoms with Gasteiger partial charge in [-0.05, 0) is 30.2 Å². The third-order valence-corrected chi connectivity index (χ3v) is 1.85. The molecule has 0 aliphatic heterocycles. The molecule has 0 bridgehead atoms. The van der Waals surface area contributed by atoms with Gasteiger partial charge in [0.1, 0.15) is 0 Å². The Balaban J connectivity index is 0.000000184. The smallest absolute Gasteiger partial charge is 0.0162 e. The van der Waals surface area contributed by atoms with Gasteiger partial charge in [-0.15, -0.1) is 0 Å². The Hall–Kier alpha value is -0.780. The normalized spacial score (nSPS) is 15.1. The SMILES string of the molecule is CC(C)C.c1ccc(C2CC2)cc1. The number of hydrogen-bond donors (Lipinski definition) is 0. The molecule has 1 aromatic rings. The maximum Gasteiger partial charge on any atom is -0.0162 e. The van der Waals surface area contributed by atoms with Crippen LogP contribution >= 0.6 is 0 Å². The first-order valence-corrected chi connectivity index (χ1v) is 5.25. The van der Waals surface area contributed by atoms with Crippen molar-refractivity contribution in [3.8, 4) is 0 Å². The summed E-state index contributed by atoms with van der Waals surface area (Å²) >= 11 is 0. The summed E-state index contributed by atoms with van der Waals surface area (Å²) in [5.74, 6) is 1.74. The lowest BCUT2D eigenvalue weighted by Crippen LogP contribution is -1.73. The molecule has 0 heterocycles. The molecule has 0 amide bonds. The highest BCUT2D eigenvalue weighted by atomic mass is 14.3. The van der Waals surface area contributed by atoms with Crippen LogP contribution in [-0.4, -0.2) is 0 Å². The van der Waals surface area contributed by atoms with E-state index < -0.39 is 0 Å². The van der Waals surface area contributed by atoms with Crippen molar-refractivity contribution in [3.63, 3.8) is 0 Å². The van der Waals surface area contributed by atoms with Crippen molar-refractivity contribution in [2.45, 2.75) is 39.5 Å². The number of hydrogen-bond acceptors (Lipinski definition) is 0. The second-order valence-corrected chi connectivity index (χ2v) is 4.42. The minimum absolute atomic E-state index is 0.833. The molecule has 0 spiro atoms. The summed E-state index contributed by atoms with van der Waals surface area (Å²) in [4.78, 5) is 0. The molecule has 13 heavy (non-hydrogen) atoms. The standard InChI is InChI=1S/C9H10.C4H10/c1-2-4-8(5-3-1)9-6-7-9;1-4(2)3/h1-5,9H,6-7H2;4H,1-3H3. The average molecular weight is 176 g/mol. The van der Waals surface area contributed by atoms with Gasteiger partial charge in [-0.1, -0.05) is 51.1 Å². The van der Waals surface area contributed by atoms with E-state index in [4.69, 9.17) is 0 Å². The first-order chi connectivity index (χ1) is 6.20. The van der Waals surface area contributed by atoms with Crippen LogP contribution in [0, 0.1) is 5.92 Å². The third-order valence-electron chi connectivity index (χ3n) is 1.85. The molecule has 0 atom stereocenters. The summed E-state index contributed by atoms with van der Waals surface area (Å²) in [5.41, 5.74) is 1.53. The van der Waals surface area contributed by atoms with Crippen molar-refractivity contribution in [3.05, 3.63) is 35.9 Å². The van der Waals surface area contributed by atoms with Crippen LogP contribution in [0.3, 0.4) is 0 Å². The minimum Gasteiger partial charge on any atom is -0.0630 e. The molecule has 1 aromatic carbocycles. The van der Waals surface area contributed by atoms with Crippen molar-refractivity contribution in [2.24, 2.45) is 5.92 Å². The molecule has 1 aliphatic rings. The maximum absolute atomic E-state index is 2.22. The lowest BCUT2D eigenvalue weighted by Gasteiger charge is -1.92. The summed E-state index contributed by atoms with van der Waals surface area (Å²) in [5, 5.41) is 0.